The van der Waals surface area contributed by atoms with Crippen LogP contribution in [0.15, 0.2) is 18.2 Å². The molecule has 1 aromatic carbocycles. The summed E-state index contributed by atoms with van der Waals surface area (Å²) in [5.74, 6) is 0.616. The van der Waals surface area contributed by atoms with Gasteiger partial charge < -0.3 is 10.1 Å². The van der Waals surface area contributed by atoms with Crippen LogP contribution in [0.3, 0.4) is 0 Å². The highest BCUT2D eigenvalue weighted by Gasteiger charge is 2.11. The molecule has 1 heterocycles. The number of Topliss-reactive ketones (excluding diaryl/α,β-unsaturated/α-hetero) is 1. The van der Waals surface area contributed by atoms with Crippen molar-refractivity contribution in [2.45, 2.75) is 13.8 Å². The number of hydrogen-bond acceptors (Lipinski definition) is 5. The molecule has 0 saturated carbocycles. The first kappa shape index (κ1) is 16.1. The van der Waals surface area contributed by atoms with Gasteiger partial charge in [0.15, 0.2) is 10.9 Å². The molecule has 21 heavy (non-hydrogen) atoms. The second-order valence-electron chi connectivity index (χ2n) is 4.34. The Kier molecular flexibility index (Phi) is 5.45. The third-order valence-electron chi connectivity index (χ3n) is 2.65. The van der Waals surface area contributed by atoms with Crippen LogP contribution in [-0.2, 0) is 0 Å². The summed E-state index contributed by atoms with van der Waals surface area (Å²) in [4.78, 5) is 16.3. The molecule has 0 unspecified atom stereocenters. The number of nitrogens with zero attached hydrogens (tertiary/aromatic N) is 1. The number of ketones is 1. The van der Waals surface area contributed by atoms with Gasteiger partial charge in [0, 0.05) is 11.9 Å². The molecular weight excluding hydrogens is 331 g/mol. The lowest BCUT2D eigenvalue weighted by Crippen LogP contribution is -2.11. The third-order valence-corrected chi connectivity index (χ3v) is 4.39. The molecule has 0 spiro atoms. The molecule has 4 nitrogen and oxygen atoms in total. The van der Waals surface area contributed by atoms with Crippen LogP contribution in [0.4, 0.5) is 5.13 Å². The summed E-state index contributed by atoms with van der Waals surface area (Å²) >= 11 is 13.2. The van der Waals surface area contributed by atoms with Crippen molar-refractivity contribution in [2.75, 3.05) is 18.5 Å². The van der Waals surface area contributed by atoms with Crippen LogP contribution >= 0.6 is 34.5 Å². The topological polar surface area (TPSA) is 51.2 Å². The Bertz CT molecular complexity index is 658. The summed E-state index contributed by atoms with van der Waals surface area (Å²) in [5, 5.41) is 4.88. The zero-order valence-corrected chi connectivity index (χ0v) is 13.9. The van der Waals surface area contributed by atoms with Gasteiger partial charge in [0.05, 0.1) is 22.1 Å². The van der Waals surface area contributed by atoms with E-state index in [-0.39, 0.29) is 5.78 Å². The number of halogens is 2. The van der Waals surface area contributed by atoms with Crippen LogP contribution in [0.25, 0.3) is 0 Å². The summed E-state index contributed by atoms with van der Waals surface area (Å²) < 4.78 is 5.55. The number of carbonyl (C=O) groups is 1. The lowest BCUT2D eigenvalue weighted by atomic mass is 10.3. The quantitative estimate of drug-likeness (QED) is 0.621. The average molecular weight is 345 g/mol. The number of nitrogens with one attached hydrogen (secondary N) is 1. The number of hydrogen-bond donors (Lipinski definition) is 1. The molecule has 0 atom stereocenters. The number of benzene rings is 1. The predicted molar refractivity (Wildman–Crippen MR) is 87.3 cm³/mol. The minimum absolute atomic E-state index is 0.0299. The molecule has 0 fully saturated rings. The summed E-state index contributed by atoms with van der Waals surface area (Å²) in [6.07, 6.45) is 0. The Hall–Kier alpha value is -1.30. The first-order chi connectivity index (χ1) is 9.97. The minimum atomic E-state index is 0.0299. The fraction of sp³-hybridized carbons (Fsp3) is 0.286. The van der Waals surface area contributed by atoms with E-state index < -0.39 is 0 Å². The van der Waals surface area contributed by atoms with Gasteiger partial charge >= 0.3 is 0 Å². The van der Waals surface area contributed by atoms with Crippen molar-refractivity contribution in [3.8, 4) is 5.75 Å². The molecule has 1 N–H and O–H groups in total. The molecule has 0 aliphatic heterocycles. The van der Waals surface area contributed by atoms with E-state index in [1.165, 1.54) is 18.3 Å². The van der Waals surface area contributed by atoms with Gasteiger partial charge in [0.1, 0.15) is 12.4 Å². The number of aromatic nitrogens is 1. The Morgan fingerprint density at radius 1 is 1.43 bits per heavy atom. The Morgan fingerprint density at radius 2 is 2.19 bits per heavy atom. The lowest BCUT2D eigenvalue weighted by molar-refractivity contribution is 0.102. The van der Waals surface area contributed by atoms with Crippen molar-refractivity contribution in [3.05, 3.63) is 38.8 Å². The Morgan fingerprint density at radius 3 is 2.81 bits per heavy atom. The lowest BCUT2D eigenvalue weighted by Gasteiger charge is -2.08. The molecule has 7 heteroatoms. The molecule has 2 aromatic rings. The van der Waals surface area contributed by atoms with Crippen molar-refractivity contribution in [3.63, 3.8) is 0 Å². The van der Waals surface area contributed by atoms with Crippen molar-refractivity contribution >= 4 is 45.5 Å². The number of thiazole rings is 1. The van der Waals surface area contributed by atoms with Gasteiger partial charge in [-0.05, 0) is 25.1 Å². The van der Waals surface area contributed by atoms with Crippen LogP contribution in [-0.4, -0.2) is 23.9 Å². The van der Waals surface area contributed by atoms with Crippen molar-refractivity contribution in [1.29, 1.82) is 0 Å². The number of anilines is 1. The minimum Gasteiger partial charge on any atom is -0.490 e. The van der Waals surface area contributed by atoms with Crippen LogP contribution in [0.5, 0.6) is 5.75 Å². The smallest absolute Gasteiger partial charge is 0.183 e. The van der Waals surface area contributed by atoms with Crippen LogP contribution < -0.4 is 10.1 Å². The van der Waals surface area contributed by atoms with Gasteiger partial charge in [-0.15, -0.1) is 0 Å². The molecule has 0 aliphatic carbocycles. The maximum atomic E-state index is 11.4. The second kappa shape index (κ2) is 7.11. The third kappa shape index (κ3) is 4.33. The molecule has 0 saturated heterocycles. The maximum absolute atomic E-state index is 11.4. The van der Waals surface area contributed by atoms with Crippen molar-refractivity contribution in [1.82, 2.24) is 4.98 Å². The predicted octanol–water partition coefficient (Wildman–Crippen LogP) is 4.45. The maximum Gasteiger partial charge on any atom is 0.183 e. The highest BCUT2D eigenvalue weighted by Crippen LogP contribution is 2.27. The van der Waals surface area contributed by atoms with Gasteiger partial charge in [-0.25, -0.2) is 4.98 Å². The van der Waals surface area contributed by atoms with Gasteiger partial charge in [-0.2, -0.15) is 0 Å². The van der Waals surface area contributed by atoms with Crippen molar-refractivity contribution < 1.29 is 9.53 Å². The first-order valence-electron chi connectivity index (χ1n) is 6.27. The average Bonchev–Trinajstić information content (AvgIpc) is 2.78. The Labute approximate surface area is 137 Å². The van der Waals surface area contributed by atoms with Crippen LogP contribution in [0.1, 0.15) is 22.3 Å². The fourth-order valence-corrected chi connectivity index (χ4v) is 3.06. The molecular formula is C14H14Cl2N2O2S. The fourth-order valence-electron chi connectivity index (χ4n) is 1.71. The summed E-state index contributed by atoms with van der Waals surface area (Å²) in [7, 11) is 0. The van der Waals surface area contributed by atoms with Crippen LogP contribution in [0, 0.1) is 6.92 Å². The Balaban J connectivity index is 1.84. The number of rotatable bonds is 6. The number of ether oxygens (including phenoxy) is 1. The van der Waals surface area contributed by atoms with Crippen molar-refractivity contribution in [2.24, 2.45) is 0 Å². The van der Waals surface area contributed by atoms with E-state index in [0.29, 0.717) is 39.0 Å². The van der Waals surface area contributed by atoms with E-state index in [2.05, 4.69) is 10.3 Å². The highest BCUT2D eigenvalue weighted by molar-refractivity contribution is 7.17. The molecule has 0 radical (unpaired) electrons. The largest absolute Gasteiger partial charge is 0.490 e. The van der Waals surface area contributed by atoms with E-state index in [4.69, 9.17) is 27.9 Å². The van der Waals surface area contributed by atoms with E-state index >= 15 is 0 Å². The SMILES string of the molecule is CC(=O)c1sc(NCCOc2ccc(Cl)cc2Cl)nc1C. The van der Waals surface area contributed by atoms with E-state index in [1.807, 2.05) is 6.92 Å². The standard InChI is InChI=1S/C14H14Cl2N2O2S/c1-8-13(9(2)19)21-14(18-8)17-5-6-20-12-4-3-10(15)7-11(12)16/h3-4,7H,5-6H2,1-2H3,(H,17,18). The molecule has 0 bridgehead atoms. The monoisotopic (exact) mass is 344 g/mol. The summed E-state index contributed by atoms with van der Waals surface area (Å²) in [5.41, 5.74) is 0.747. The second-order valence-corrected chi connectivity index (χ2v) is 6.18. The first-order valence-corrected chi connectivity index (χ1v) is 7.84. The zero-order chi connectivity index (χ0) is 15.4. The van der Waals surface area contributed by atoms with Crippen LogP contribution in [0.2, 0.25) is 10.0 Å². The summed E-state index contributed by atoms with van der Waals surface area (Å²) in [6.45, 7) is 4.34. The van der Waals surface area contributed by atoms with E-state index in [9.17, 15) is 4.79 Å². The summed E-state index contributed by atoms with van der Waals surface area (Å²) in [6, 6.07) is 5.08. The van der Waals surface area contributed by atoms with Gasteiger partial charge in [0.2, 0.25) is 0 Å². The zero-order valence-electron chi connectivity index (χ0n) is 11.6. The molecule has 0 aliphatic rings. The normalized spacial score (nSPS) is 10.5. The molecule has 2 rings (SSSR count). The highest BCUT2D eigenvalue weighted by atomic mass is 35.5. The van der Waals surface area contributed by atoms with Gasteiger partial charge in [0.25, 0.3) is 0 Å². The molecule has 0 amide bonds. The van der Waals surface area contributed by atoms with E-state index in [0.717, 1.165) is 5.69 Å². The number of carbonyl (C=O) groups excluding carboxylic acids is 1. The molecule has 1 aromatic heterocycles. The van der Waals surface area contributed by atoms with E-state index in [1.54, 1.807) is 18.2 Å². The van der Waals surface area contributed by atoms with Gasteiger partial charge in [-0.3, -0.25) is 4.79 Å². The van der Waals surface area contributed by atoms with Gasteiger partial charge in [-0.1, -0.05) is 34.5 Å². The molecule has 112 valence electrons. The number of aryl methyl sites for hydroxylation is 1.